The zero-order chi connectivity index (χ0) is 11.9. The second-order valence-electron chi connectivity index (χ2n) is 3.21. The van der Waals surface area contributed by atoms with Crippen LogP contribution in [0.25, 0.3) is 10.2 Å². The van der Waals surface area contributed by atoms with Gasteiger partial charge in [-0.3, -0.25) is 0 Å². The molecule has 5 nitrogen and oxygen atoms in total. The third kappa shape index (κ3) is 1.79. The van der Waals surface area contributed by atoms with E-state index in [4.69, 9.17) is 5.11 Å². The highest BCUT2D eigenvalue weighted by Gasteiger charge is 2.17. The lowest BCUT2D eigenvalue weighted by molar-refractivity contribution is 0.0699. The number of fused-ring (bicyclic) bond motifs is 1. The number of nitrogens with zero attached hydrogens (tertiary/aromatic N) is 1. The van der Waals surface area contributed by atoms with Gasteiger partial charge in [0.25, 0.3) is 0 Å². The smallest absolute Gasteiger partial charge is 0.337 e. The Morgan fingerprint density at radius 1 is 1.44 bits per heavy atom. The summed E-state index contributed by atoms with van der Waals surface area (Å²) >= 11 is 0.973. The first-order valence-corrected chi connectivity index (χ1v) is 6.93. The number of aromatic carboxylic acids is 1. The highest BCUT2D eigenvalue weighted by molar-refractivity contribution is 7.92. The zero-order valence-electron chi connectivity index (χ0n) is 8.17. The van der Waals surface area contributed by atoms with Gasteiger partial charge in [0, 0.05) is 6.26 Å². The summed E-state index contributed by atoms with van der Waals surface area (Å²) in [6.45, 7) is 0. The van der Waals surface area contributed by atoms with E-state index in [2.05, 4.69) is 4.98 Å². The number of hydrogen-bond acceptors (Lipinski definition) is 5. The Bertz CT molecular complexity index is 672. The molecule has 0 aliphatic heterocycles. The van der Waals surface area contributed by atoms with Gasteiger partial charge in [-0.05, 0) is 12.1 Å². The van der Waals surface area contributed by atoms with Crippen molar-refractivity contribution in [2.45, 2.75) is 4.34 Å². The number of para-hydroxylation sites is 1. The molecule has 0 aliphatic rings. The van der Waals surface area contributed by atoms with Crippen LogP contribution in [0.2, 0.25) is 0 Å². The Balaban J connectivity index is 2.81. The molecule has 7 heteroatoms. The molecule has 16 heavy (non-hydrogen) atoms. The maximum atomic E-state index is 11.3. The average Bonchev–Trinajstić information content (AvgIpc) is 2.59. The molecule has 2 rings (SSSR count). The van der Waals surface area contributed by atoms with E-state index in [9.17, 15) is 13.2 Å². The van der Waals surface area contributed by atoms with Crippen LogP contribution in [0.5, 0.6) is 0 Å². The van der Waals surface area contributed by atoms with Gasteiger partial charge in [-0.1, -0.05) is 6.07 Å². The minimum absolute atomic E-state index is 0.0173. The summed E-state index contributed by atoms with van der Waals surface area (Å²) < 4.78 is 23.1. The molecule has 0 fully saturated rings. The number of benzene rings is 1. The SMILES string of the molecule is CS(=O)(=O)c1nc2c(C(=O)O)cccc2s1. The molecule has 0 atom stereocenters. The highest BCUT2D eigenvalue weighted by atomic mass is 32.2. The molecule has 1 aromatic carbocycles. The molecule has 0 amide bonds. The summed E-state index contributed by atoms with van der Waals surface area (Å²) in [5.74, 6) is -1.11. The molecule has 1 N–H and O–H groups in total. The lowest BCUT2D eigenvalue weighted by Crippen LogP contribution is -1.98. The van der Waals surface area contributed by atoms with Gasteiger partial charge in [0.05, 0.1) is 15.8 Å². The summed E-state index contributed by atoms with van der Waals surface area (Å²) in [4.78, 5) is 14.7. The maximum Gasteiger partial charge on any atom is 0.337 e. The van der Waals surface area contributed by atoms with Gasteiger partial charge in [0.1, 0.15) is 0 Å². The molecule has 0 aliphatic carbocycles. The molecule has 2 aromatic rings. The van der Waals surface area contributed by atoms with Crippen molar-refractivity contribution in [1.82, 2.24) is 4.98 Å². The monoisotopic (exact) mass is 257 g/mol. The number of carboxylic acid groups (broad SMARTS) is 1. The van der Waals surface area contributed by atoms with Gasteiger partial charge in [-0.15, -0.1) is 11.3 Å². The highest BCUT2D eigenvalue weighted by Crippen LogP contribution is 2.27. The van der Waals surface area contributed by atoms with Crippen molar-refractivity contribution in [3.8, 4) is 0 Å². The number of sulfone groups is 1. The van der Waals surface area contributed by atoms with Gasteiger partial charge in [-0.2, -0.15) is 0 Å². The topological polar surface area (TPSA) is 84.3 Å². The number of thiazole rings is 1. The molecule has 0 saturated heterocycles. The quantitative estimate of drug-likeness (QED) is 0.879. The van der Waals surface area contributed by atoms with E-state index < -0.39 is 15.8 Å². The summed E-state index contributed by atoms with van der Waals surface area (Å²) in [5.41, 5.74) is 0.240. The Hall–Kier alpha value is -1.47. The first kappa shape index (κ1) is 11.0. The minimum Gasteiger partial charge on any atom is -0.478 e. The number of carbonyl (C=O) groups is 1. The Morgan fingerprint density at radius 3 is 2.69 bits per heavy atom. The third-order valence-electron chi connectivity index (χ3n) is 1.95. The number of rotatable bonds is 2. The fourth-order valence-corrected chi connectivity index (χ4v) is 3.12. The molecule has 0 unspecified atom stereocenters. The van der Waals surface area contributed by atoms with Crippen LogP contribution in [0.3, 0.4) is 0 Å². The van der Waals surface area contributed by atoms with Crippen molar-refractivity contribution in [2.75, 3.05) is 6.26 Å². The van der Waals surface area contributed by atoms with E-state index in [0.29, 0.717) is 4.70 Å². The summed E-state index contributed by atoms with van der Waals surface area (Å²) in [6, 6.07) is 4.61. The van der Waals surface area contributed by atoms with Crippen molar-refractivity contribution in [1.29, 1.82) is 0 Å². The molecular weight excluding hydrogens is 250 g/mol. The van der Waals surface area contributed by atoms with E-state index >= 15 is 0 Å². The predicted octanol–water partition coefficient (Wildman–Crippen LogP) is 1.40. The third-order valence-corrected chi connectivity index (χ3v) is 4.65. The average molecular weight is 257 g/mol. The molecule has 0 saturated carbocycles. The zero-order valence-corrected chi connectivity index (χ0v) is 9.80. The lowest BCUT2D eigenvalue weighted by atomic mass is 10.2. The van der Waals surface area contributed by atoms with Gasteiger partial charge in [0.15, 0.2) is 0 Å². The Kier molecular flexibility index (Phi) is 2.43. The van der Waals surface area contributed by atoms with Crippen molar-refractivity contribution >= 4 is 37.4 Å². The molecule has 0 bridgehead atoms. The van der Waals surface area contributed by atoms with Gasteiger partial charge < -0.3 is 5.11 Å². The predicted molar refractivity (Wildman–Crippen MR) is 59.7 cm³/mol. The molecular formula is C9H7NO4S2. The molecule has 1 heterocycles. The standard InChI is InChI=1S/C9H7NO4S2/c1-16(13,14)9-10-7-5(8(11)12)3-2-4-6(7)15-9/h2-4H,1H3,(H,11,12). The second-order valence-corrected chi connectivity index (χ2v) is 6.43. The molecule has 0 spiro atoms. The van der Waals surface area contributed by atoms with E-state index in [1.807, 2.05) is 0 Å². The lowest BCUT2D eigenvalue weighted by Gasteiger charge is -1.93. The Labute approximate surface area is 95.3 Å². The van der Waals surface area contributed by atoms with Crippen molar-refractivity contribution < 1.29 is 18.3 Å². The van der Waals surface area contributed by atoms with Crippen LogP contribution < -0.4 is 0 Å². The first-order valence-electron chi connectivity index (χ1n) is 4.22. The second kappa shape index (κ2) is 3.53. The van der Waals surface area contributed by atoms with Crippen LogP contribution in [0.1, 0.15) is 10.4 Å². The van der Waals surface area contributed by atoms with Crippen LogP contribution in [-0.2, 0) is 9.84 Å². The van der Waals surface area contributed by atoms with Gasteiger partial charge in [-0.25, -0.2) is 18.2 Å². The summed E-state index contributed by atoms with van der Waals surface area (Å²) in [6.07, 6.45) is 1.05. The number of carboxylic acids is 1. The van der Waals surface area contributed by atoms with Crippen molar-refractivity contribution in [2.24, 2.45) is 0 Å². The minimum atomic E-state index is -3.39. The van der Waals surface area contributed by atoms with Crippen LogP contribution in [0.15, 0.2) is 22.5 Å². The first-order chi connectivity index (χ1) is 7.39. The van der Waals surface area contributed by atoms with Crippen LogP contribution in [-0.4, -0.2) is 30.7 Å². The fraction of sp³-hybridized carbons (Fsp3) is 0.111. The van der Waals surface area contributed by atoms with Crippen LogP contribution in [0.4, 0.5) is 0 Å². The van der Waals surface area contributed by atoms with Crippen LogP contribution >= 0.6 is 11.3 Å². The number of aromatic nitrogens is 1. The van der Waals surface area contributed by atoms with E-state index in [-0.39, 0.29) is 15.4 Å². The maximum absolute atomic E-state index is 11.3. The van der Waals surface area contributed by atoms with E-state index in [0.717, 1.165) is 17.6 Å². The van der Waals surface area contributed by atoms with E-state index in [1.165, 1.54) is 6.07 Å². The van der Waals surface area contributed by atoms with Crippen molar-refractivity contribution in [3.63, 3.8) is 0 Å². The van der Waals surface area contributed by atoms with Crippen molar-refractivity contribution in [3.05, 3.63) is 23.8 Å². The number of hydrogen-bond donors (Lipinski definition) is 1. The van der Waals surface area contributed by atoms with E-state index in [1.54, 1.807) is 12.1 Å². The molecule has 1 aromatic heterocycles. The summed E-state index contributed by atoms with van der Waals surface area (Å²) in [5, 5.41) is 8.91. The normalized spacial score (nSPS) is 11.8. The largest absolute Gasteiger partial charge is 0.478 e. The van der Waals surface area contributed by atoms with Crippen LogP contribution in [0, 0.1) is 0 Å². The summed E-state index contributed by atoms with van der Waals surface area (Å²) in [7, 11) is -3.39. The fourth-order valence-electron chi connectivity index (χ4n) is 1.26. The Morgan fingerprint density at radius 2 is 2.12 bits per heavy atom. The molecule has 0 radical (unpaired) electrons. The van der Waals surface area contributed by atoms with Gasteiger partial charge >= 0.3 is 5.97 Å². The van der Waals surface area contributed by atoms with Gasteiger partial charge in [0.2, 0.25) is 14.2 Å². The molecule has 84 valence electrons.